The number of hydrogen-bond acceptors (Lipinski definition) is 6. The standard InChI is InChI=1S/C25H29N5O4/c1-28(2)11-21(32)30-15-25(13-29(14-25)24(33)16-6-8-26-9-7-16)22-18-5-4-17(34-3)10-19(18)27-23(22)20(30)12-31/h4-10,20,27,31H,11-15H2,1-3H3/t20-/m0/s1. The van der Waals surface area contributed by atoms with Crippen molar-refractivity contribution in [3.8, 4) is 5.75 Å². The molecule has 0 radical (unpaired) electrons. The maximum Gasteiger partial charge on any atom is 0.254 e. The van der Waals surface area contributed by atoms with E-state index in [4.69, 9.17) is 4.74 Å². The van der Waals surface area contributed by atoms with Gasteiger partial charge in [0.1, 0.15) is 5.75 Å². The summed E-state index contributed by atoms with van der Waals surface area (Å²) in [4.78, 5) is 39.2. The summed E-state index contributed by atoms with van der Waals surface area (Å²) in [6.45, 7) is 1.48. The number of aromatic nitrogens is 2. The first-order valence-corrected chi connectivity index (χ1v) is 11.3. The fraction of sp³-hybridized carbons (Fsp3) is 0.400. The molecular formula is C25H29N5O4. The SMILES string of the molecule is COc1ccc2c3c([nH]c2c1)[C@H](CO)N(C(=O)CN(C)C)CC31CN(C(=O)c2ccncc2)C1. The van der Waals surface area contributed by atoms with E-state index in [1.807, 2.05) is 42.1 Å². The summed E-state index contributed by atoms with van der Waals surface area (Å²) in [6, 6.07) is 8.82. The second-order valence-corrected chi connectivity index (χ2v) is 9.46. The van der Waals surface area contributed by atoms with Crippen molar-refractivity contribution >= 4 is 22.7 Å². The third kappa shape index (κ3) is 3.52. The molecule has 0 bridgehead atoms. The minimum Gasteiger partial charge on any atom is -0.497 e. The first-order chi connectivity index (χ1) is 16.4. The summed E-state index contributed by atoms with van der Waals surface area (Å²) in [7, 11) is 5.33. The summed E-state index contributed by atoms with van der Waals surface area (Å²) in [6.07, 6.45) is 3.23. The average molecular weight is 464 g/mol. The van der Waals surface area contributed by atoms with Gasteiger partial charge in [0.25, 0.3) is 5.91 Å². The Labute approximate surface area is 197 Å². The zero-order chi connectivity index (χ0) is 24.0. The fourth-order valence-corrected chi connectivity index (χ4v) is 5.39. The van der Waals surface area contributed by atoms with Crippen molar-refractivity contribution in [2.24, 2.45) is 0 Å². The van der Waals surface area contributed by atoms with Crippen LogP contribution in [0.1, 0.15) is 27.7 Å². The Bertz CT molecular complexity index is 1230. The van der Waals surface area contributed by atoms with Crippen molar-refractivity contribution < 1.29 is 19.4 Å². The molecule has 0 saturated carbocycles. The minimum absolute atomic E-state index is 0.0495. The fourth-order valence-electron chi connectivity index (χ4n) is 5.39. The van der Waals surface area contributed by atoms with Crippen LogP contribution in [0.25, 0.3) is 10.9 Å². The van der Waals surface area contributed by atoms with Crippen molar-refractivity contribution in [3.05, 3.63) is 59.5 Å². The van der Waals surface area contributed by atoms with Crippen LogP contribution < -0.4 is 4.74 Å². The van der Waals surface area contributed by atoms with Crippen LogP contribution in [0.4, 0.5) is 0 Å². The van der Waals surface area contributed by atoms with E-state index in [9.17, 15) is 14.7 Å². The lowest BCUT2D eigenvalue weighted by molar-refractivity contribution is -0.139. The molecule has 178 valence electrons. The highest BCUT2D eigenvalue weighted by Gasteiger charge is 2.55. The van der Waals surface area contributed by atoms with Gasteiger partial charge < -0.3 is 29.5 Å². The number of ether oxygens (including phenoxy) is 1. The lowest BCUT2D eigenvalue weighted by Gasteiger charge is -2.56. The van der Waals surface area contributed by atoms with Crippen molar-refractivity contribution in [1.82, 2.24) is 24.7 Å². The quantitative estimate of drug-likeness (QED) is 0.593. The molecule has 9 nitrogen and oxygen atoms in total. The van der Waals surface area contributed by atoms with Gasteiger partial charge in [-0.1, -0.05) is 0 Å². The molecule has 1 spiro atoms. The monoisotopic (exact) mass is 463 g/mol. The molecule has 2 aromatic heterocycles. The Kier molecular flexibility index (Phi) is 5.53. The van der Waals surface area contributed by atoms with Crippen molar-refractivity contribution in [2.45, 2.75) is 11.5 Å². The summed E-state index contributed by atoms with van der Waals surface area (Å²) >= 11 is 0. The molecule has 1 atom stereocenters. The molecule has 2 amide bonds. The molecule has 0 aliphatic carbocycles. The van der Waals surface area contributed by atoms with E-state index in [0.717, 1.165) is 27.9 Å². The van der Waals surface area contributed by atoms with E-state index in [2.05, 4.69) is 9.97 Å². The van der Waals surface area contributed by atoms with Gasteiger partial charge in [0, 0.05) is 60.3 Å². The van der Waals surface area contributed by atoms with Crippen LogP contribution in [0.3, 0.4) is 0 Å². The Morgan fingerprint density at radius 3 is 2.59 bits per heavy atom. The van der Waals surface area contributed by atoms with Gasteiger partial charge in [-0.25, -0.2) is 0 Å². The Hall–Kier alpha value is -3.43. The number of nitrogens with zero attached hydrogens (tertiary/aromatic N) is 4. The molecule has 5 rings (SSSR count). The highest BCUT2D eigenvalue weighted by Crippen LogP contribution is 2.48. The molecule has 1 fully saturated rings. The first-order valence-electron chi connectivity index (χ1n) is 11.3. The van der Waals surface area contributed by atoms with Crippen molar-refractivity contribution in [1.29, 1.82) is 0 Å². The van der Waals surface area contributed by atoms with Crippen LogP contribution in [0.2, 0.25) is 0 Å². The number of carbonyl (C=O) groups excluding carboxylic acids is 2. The van der Waals surface area contributed by atoms with E-state index in [-0.39, 0.29) is 25.0 Å². The molecule has 9 heteroatoms. The maximum atomic E-state index is 13.2. The number of likely N-dealkylation sites (N-methyl/N-ethyl adjacent to an activating group) is 1. The van der Waals surface area contributed by atoms with Gasteiger partial charge in [0.15, 0.2) is 0 Å². The number of H-pyrrole nitrogens is 1. The van der Waals surface area contributed by atoms with Crippen LogP contribution in [-0.4, -0.2) is 95.6 Å². The molecule has 34 heavy (non-hydrogen) atoms. The van der Waals surface area contributed by atoms with Gasteiger partial charge in [-0.3, -0.25) is 14.6 Å². The highest BCUT2D eigenvalue weighted by atomic mass is 16.5. The molecule has 1 saturated heterocycles. The third-order valence-corrected chi connectivity index (χ3v) is 6.89. The molecular weight excluding hydrogens is 434 g/mol. The predicted octanol–water partition coefficient (Wildman–Crippen LogP) is 1.40. The summed E-state index contributed by atoms with van der Waals surface area (Å²) in [5.41, 5.74) is 2.98. The number of carbonyl (C=O) groups is 2. The second kappa shape index (κ2) is 8.41. The number of aromatic amines is 1. The molecule has 2 N–H and O–H groups in total. The molecule has 0 unspecified atom stereocenters. The van der Waals surface area contributed by atoms with Crippen molar-refractivity contribution in [3.63, 3.8) is 0 Å². The number of likely N-dealkylation sites (tertiary alicyclic amines) is 1. The number of pyridine rings is 1. The third-order valence-electron chi connectivity index (χ3n) is 6.89. The highest BCUT2D eigenvalue weighted by molar-refractivity contribution is 5.96. The van der Waals surface area contributed by atoms with Crippen LogP contribution >= 0.6 is 0 Å². The number of nitrogens with one attached hydrogen (secondary N) is 1. The second-order valence-electron chi connectivity index (χ2n) is 9.46. The van der Waals surface area contributed by atoms with Crippen molar-refractivity contribution in [2.75, 3.05) is 54.0 Å². The number of fused-ring (bicyclic) bond motifs is 4. The average Bonchev–Trinajstić information content (AvgIpc) is 3.20. The smallest absolute Gasteiger partial charge is 0.254 e. The van der Waals surface area contributed by atoms with E-state index in [0.29, 0.717) is 25.2 Å². The van der Waals surface area contributed by atoms with Gasteiger partial charge in [0.2, 0.25) is 5.91 Å². The number of methoxy groups -OCH3 is 1. The van der Waals surface area contributed by atoms with E-state index in [1.165, 1.54) is 0 Å². The molecule has 2 aliphatic rings. The number of rotatable bonds is 5. The minimum atomic E-state index is -0.476. The van der Waals surface area contributed by atoms with Crippen LogP contribution in [0.15, 0.2) is 42.7 Å². The first kappa shape index (κ1) is 22.4. The van der Waals surface area contributed by atoms with Gasteiger partial charge in [-0.15, -0.1) is 0 Å². The van der Waals surface area contributed by atoms with Crippen LogP contribution in [0, 0.1) is 0 Å². The number of hydrogen-bond donors (Lipinski definition) is 2. The Morgan fingerprint density at radius 2 is 1.94 bits per heavy atom. The lowest BCUT2D eigenvalue weighted by atomic mass is 9.68. The maximum absolute atomic E-state index is 13.2. The zero-order valence-electron chi connectivity index (χ0n) is 19.6. The van der Waals surface area contributed by atoms with Gasteiger partial charge >= 0.3 is 0 Å². The molecule has 3 aromatic rings. The normalized spacial score (nSPS) is 18.8. The summed E-state index contributed by atoms with van der Waals surface area (Å²) < 4.78 is 5.40. The van der Waals surface area contributed by atoms with E-state index >= 15 is 0 Å². The van der Waals surface area contributed by atoms with Gasteiger partial charge in [-0.2, -0.15) is 0 Å². The topological polar surface area (TPSA) is 102 Å². The van der Waals surface area contributed by atoms with Gasteiger partial charge in [-0.05, 0) is 43.9 Å². The Balaban J connectivity index is 1.57. The van der Waals surface area contributed by atoms with Crippen LogP contribution in [0.5, 0.6) is 5.75 Å². The lowest BCUT2D eigenvalue weighted by Crippen LogP contribution is -2.68. The number of benzene rings is 1. The van der Waals surface area contributed by atoms with E-state index < -0.39 is 11.5 Å². The van der Waals surface area contributed by atoms with E-state index in [1.54, 1.807) is 36.5 Å². The summed E-state index contributed by atoms with van der Waals surface area (Å²) in [5.74, 6) is 0.625. The van der Waals surface area contributed by atoms with Gasteiger partial charge in [0.05, 0.1) is 31.7 Å². The Morgan fingerprint density at radius 1 is 1.21 bits per heavy atom. The largest absolute Gasteiger partial charge is 0.497 e. The molecule has 2 aliphatic heterocycles. The van der Waals surface area contributed by atoms with Crippen LogP contribution in [-0.2, 0) is 10.2 Å². The molecule has 4 heterocycles. The number of aliphatic hydroxyl groups excluding tert-OH is 1. The molecule has 1 aromatic carbocycles. The number of aliphatic hydroxyl groups is 1. The predicted molar refractivity (Wildman–Crippen MR) is 127 cm³/mol. The number of amides is 2. The summed E-state index contributed by atoms with van der Waals surface area (Å²) in [5, 5.41) is 11.4. The zero-order valence-corrected chi connectivity index (χ0v) is 19.6.